The maximum Gasteiger partial charge on any atom is 0.234 e. The molecule has 1 N–H and O–H groups in total. The first-order valence-electron chi connectivity index (χ1n) is 9.69. The molecule has 156 valence electrons. The van der Waals surface area contributed by atoms with Crippen molar-refractivity contribution in [3.63, 3.8) is 0 Å². The summed E-state index contributed by atoms with van der Waals surface area (Å²) in [4.78, 5) is 14.5. The molecular formula is C21H23N5O3S. The predicted molar refractivity (Wildman–Crippen MR) is 117 cm³/mol. The lowest BCUT2D eigenvalue weighted by Crippen LogP contribution is -2.15. The molecule has 2 aromatic carbocycles. The van der Waals surface area contributed by atoms with Crippen LogP contribution in [0.2, 0.25) is 0 Å². The number of benzene rings is 2. The zero-order valence-corrected chi connectivity index (χ0v) is 17.7. The van der Waals surface area contributed by atoms with Crippen molar-refractivity contribution in [1.29, 1.82) is 0 Å². The summed E-state index contributed by atoms with van der Waals surface area (Å²) in [6.07, 6.45) is 0. The molecule has 0 aliphatic carbocycles. The second-order valence-corrected chi connectivity index (χ2v) is 7.49. The Morgan fingerprint density at radius 3 is 2.70 bits per heavy atom. The number of carbonyl (C=O) groups excluding carboxylic acids is 1. The van der Waals surface area contributed by atoms with Crippen molar-refractivity contribution in [1.82, 2.24) is 14.8 Å². The molecule has 3 aromatic rings. The van der Waals surface area contributed by atoms with Gasteiger partial charge in [-0.05, 0) is 43.3 Å². The highest BCUT2D eigenvalue weighted by Crippen LogP contribution is 2.33. The fourth-order valence-electron chi connectivity index (χ4n) is 3.28. The van der Waals surface area contributed by atoms with Crippen LogP contribution < -0.4 is 19.7 Å². The number of hydrogen-bond acceptors (Lipinski definition) is 7. The van der Waals surface area contributed by atoms with Crippen molar-refractivity contribution in [3.8, 4) is 11.5 Å². The molecule has 30 heavy (non-hydrogen) atoms. The summed E-state index contributed by atoms with van der Waals surface area (Å²) in [5, 5.41) is 12.2. The second-order valence-electron chi connectivity index (χ2n) is 6.55. The third-order valence-corrected chi connectivity index (χ3v) is 5.63. The first-order valence-corrected chi connectivity index (χ1v) is 10.7. The molecule has 1 aliphatic rings. The van der Waals surface area contributed by atoms with E-state index in [0.717, 1.165) is 35.6 Å². The van der Waals surface area contributed by atoms with E-state index in [0.29, 0.717) is 18.0 Å². The molecule has 9 heteroatoms. The Morgan fingerprint density at radius 1 is 1.13 bits per heavy atom. The van der Waals surface area contributed by atoms with Crippen molar-refractivity contribution in [2.24, 2.45) is 0 Å². The van der Waals surface area contributed by atoms with E-state index in [-0.39, 0.29) is 11.7 Å². The molecular weight excluding hydrogens is 402 g/mol. The van der Waals surface area contributed by atoms with Crippen molar-refractivity contribution in [2.45, 2.75) is 18.6 Å². The molecule has 0 atom stereocenters. The third kappa shape index (κ3) is 4.20. The first-order chi connectivity index (χ1) is 14.7. The number of anilines is 3. The van der Waals surface area contributed by atoms with Gasteiger partial charge in [0, 0.05) is 18.8 Å². The normalized spacial score (nSPS) is 12.5. The number of fused-ring (bicyclic) bond motifs is 1. The van der Waals surface area contributed by atoms with Gasteiger partial charge in [0.05, 0.1) is 25.2 Å². The third-order valence-electron chi connectivity index (χ3n) is 4.66. The zero-order valence-electron chi connectivity index (χ0n) is 16.9. The van der Waals surface area contributed by atoms with Crippen LogP contribution in [-0.4, -0.2) is 46.7 Å². The van der Waals surface area contributed by atoms with Crippen LogP contribution in [0.25, 0.3) is 0 Å². The molecule has 0 bridgehead atoms. The van der Waals surface area contributed by atoms with E-state index in [9.17, 15) is 4.79 Å². The molecule has 2 heterocycles. The molecule has 0 unspecified atom stereocenters. The second kappa shape index (κ2) is 9.08. The molecule has 1 aromatic heterocycles. The van der Waals surface area contributed by atoms with Gasteiger partial charge in [0.1, 0.15) is 11.5 Å². The molecule has 0 saturated carbocycles. The van der Waals surface area contributed by atoms with Crippen molar-refractivity contribution in [2.75, 3.05) is 36.2 Å². The minimum atomic E-state index is -0.122. The van der Waals surface area contributed by atoms with E-state index in [1.54, 1.807) is 7.11 Å². The fraction of sp³-hybridized carbons (Fsp3) is 0.286. The Kier molecular flexibility index (Phi) is 6.08. The van der Waals surface area contributed by atoms with E-state index < -0.39 is 0 Å². The van der Waals surface area contributed by atoms with Crippen LogP contribution in [0.15, 0.2) is 53.7 Å². The molecule has 8 nitrogen and oxygen atoms in total. The summed E-state index contributed by atoms with van der Waals surface area (Å²) in [6.45, 7) is 4.18. The van der Waals surface area contributed by atoms with Crippen molar-refractivity contribution < 1.29 is 14.3 Å². The number of ether oxygens (including phenoxy) is 2. The van der Waals surface area contributed by atoms with Crippen LogP contribution in [-0.2, 0) is 11.3 Å². The number of hydrogen-bond donors (Lipinski definition) is 1. The first kappa shape index (κ1) is 20.1. The van der Waals surface area contributed by atoms with Gasteiger partial charge in [-0.2, -0.15) is 0 Å². The van der Waals surface area contributed by atoms with Gasteiger partial charge in [-0.1, -0.05) is 23.9 Å². The number of rotatable bonds is 8. The highest BCUT2D eigenvalue weighted by Gasteiger charge is 2.26. The van der Waals surface area contributed by atoms with Gasteiger partial charge >= 0.3 is 0 Å². The van der Waals surface area contributed by atoms with E-state index in [4.69, 9.17) is 9.47 Å². The van der Waals surface area contributed by atoms with Gasteiger partial charge in [-0.15, -0.1) is 10.2 Å². The number of aromatic nitrogens is 3. The van der Waals surface area contributed by atoms with Crippen LogP contribution in [0.3, 0.4) is 0 Å². The van der Waals surface area contributed by atoms with Gasteiger partial charge in [0.2, 0.25) is 11.9 Å². The monoisotopic (exact) mass is 425 g/mol. The van der Waals surface area contributed by atoms with Crippen molar-refractivity contribution >= 4 is 35.0 Å². The zero-order chi connectivity index (χ0) is 20.9. The Bertz CT molecular complexity index is 1020. The van der Waals surface area contributed by atoms with Crippen LogP contribution in [0.1, 0.15) is 6.92 Å². The highest BCUT2D eigenvalue weighted by molar-refractivity contribution is 7.99. The smallest absolute Gasteiger partial charge is 0.234 e. The van der Waals surface area contributed by atoms with Gasteiger partial charge < -0.3 is 19.7 Å². The molecule has 0 radical (unpaired) electrons. The van der Waals surface area contributed by atoms with E-state index >= 15 is 0 Å². The Balaban J connectivity index is 1.39. The summed E-state index contributed by atoms with van der Waals surface area (Å²) in [5.74, 6) is 2.37. The largest absolute Gasteiger partial charge is 0.495 e. The lowest BCUT2D eigenvalue weighted by Gasteiger charge is -2.15. The lowest BCUT2D eigenvalue weighted by atomic mass is 10.3. The van der Waals surface area contributed by atoms with E-state index in [1.807, 2.05) is 60.0 Å². The molecule has 0 fully saturated rings. The average molecular weight is 426 g/mol. The summed E-state index contributed by atoms with van der Waals surface area (Å²) >= 11 is 1.37. The summed E-state index contributed by atoms with van der Waals surface area (Å²) in [7, 11) is 1.58. The highest BCUT2D eigenvalue weighted by atomic mass is 32.2. The number of nitrogens with zero attached hydrogens (tertiary/aromatic N) is 4. The number of methoxy groups -OCH3 is 1. The molecule has 1 amide bonds. The number of thioether (sulfide) groups is 1. The minimum absolute atomic E-state index is 0.122. The van der Waals surface area contributed by atoms with Crippen LogP contribution in [0, 0.1) is 0 Å². The molecule has 0 spiro atoms. The van der Waals surface area contributed by atoms with E-state index in [1.165, 1.54) is 11.8 Å². The van der Waals surface area contributed by atoms with Gasteiger partial charge in [-0.25, -0.2) is 0 Å². The Hall–Kier alpha value is -3.20. The van der Waals surface area contributed by atoms with E-state index in [2.05, 4.69) is 20.4 Å². The maximum atomic E-state index is 12.4. The minimum Gasteiger partial charge on any atom is -0.495 e. The average Bonchev–Trinajstić information content (AvgIpc) is 3.36. The van der Waals surface area contributed by atoms with Crippen LogP contribution in [0.5, 0.6) is 11.5 Å². The standard InChI is InChI=1S/C21H23N5O3S/c1-3-29-16-10-8-15(9-11-16)25-12-13-26-20(25)23-24-21(26)30-14-19(27)22-17-6-4-5-7-18(17)28-2/h4-11H,3,12-14H2,1-2H3,(H,22,27). The SMILES string of the molecule is CCOc1ccc(N2CCn3c(SCC(=O)Nc4ccccc4OC)nnc32)cc1. The number of carbonyl (C=O) groups is 1. The number of para-hydroxylation sites is 2. The lowest BCUT2D eigenvalue weighted by molar-refractivity contribution is -0.113. The summed E-state index contributed by atoms with van der Waals surface area (Å²) in [5.41, 5.74) is 1.69. The van der Waals surface area contributed by atoms with Crippen molar-refractivity contribution in [3.05, 3.63) is 48.5 Å². The van der Waals surface area contributed by atoms with Crippen LogP contribution >= 0.6 is 11.8 Å². The molecule has 4 rings (SSSR count). The Morgan fingerprint density at radius 2 is 1.93 bits per heavy atom. The number of amides is 1. The predicted octanol–water partition coefficient (Wildman–Crippen LogP) is 3.57. The maximum absolute atomic E-state index is 12.4. The van der Waals surface area contributed by atoms with Gasteiger partial charge in [-0.3, -0.25) is 9.36 Å². The summed E-state index contributed by atoms with van der Waals surface area (Å²) < 4.78 is 12.8. The number of nitrogens with one attached hydrogen (secondary N) is 1. The Labute approximate surface area is 179 Å². The van der Waals surface area contributed by atoms with Gasteiger partial charge in [0.25, 0.3) is 0 Å². The molecule has 1 aliphatic heterocycles. The quantitative estimate of drug-likeness (QED) is 0.553. The molecule has 0 saturated heterocycles. The van der Waals surface area contributed by atoms with Gasteiger partial charge in [0.15, 0.2) is 5.16 Å². The fourth-order valence-corrected chi connectivity index (χ4v) is 4.04. The topological polar surface area (TPSA) is 81.5 Å². The van der Waals surface area contributed by atoms with Crippen LogP contribution in [0.4, 0.5) is 17.3 Å². The summed E-state index contributed by atoms with van der Waals surface area (Å²) in [6, 6.07) is 15.3.